The molecule has 3 N–H and O–H groups in total. The molecule has 19 heavy (non-hydrogen) atoms. The molecule has 0 saturated heterocycles. The van der Waals surface area contributed by atoms with Crippen molar-refractivity contribution < 1.29 is 24.2 Å². The molecular weight excluding hydrogens is 300 g/mol. The molecule has 5 nitrogen and oxygen atoms in total. The van der Waals surface area contributed by atoms with Crippen molar-refractivity contribution >= 4 is 35.1 Å². The maximum absolute atomic E-state index is 13.2. The van der Waals surface area contributed by atoms with Gasteiger partial charge in [0.05, 0.1) is 22.2 Å². The zero-order chi connectivity index (χ0) is 14.8. The number of benzene rings is 1. The fourth-order valence-electron chi connectivity index (χ4n) is 1.12. The second kappa shape index (κ2) is 5.73. The highest BCUT2D eigenvalue weighted by atomic mass is 35.5. The molecule has 0 radical (unpaired) electrons. The third kappa shape index (κ3) is 3.79. The first kappa shape index (κ1) is 15.7. The van der Waals surface area contributed by atoms with Crippen molar-refractivity contribution in [3.05, 3.63) is 33.6 Å². The number of nitrogens with one attached hydrogen (secondary N) is 1. The number of hydrogen-bond donors (Lipinski definition) is 3. The summed E-state index contributed by atoms with van der Waals surface area (Å²) in [4.78, 5) is 22.3. The Labute approximate surface area is 117 Å². The van der Waals surface area contributed by atoms with E-state index in [1.807, 2.05) is 0 Å². The van der Waals surface area contributed by atoms with Crippen molar-refractivity contribution in [2.24, 2.45) is 0 Å². The van der Waals surface area contributed by atoms with Gasteiger partial charge < -0.3 is 15.5 Å². The molecule has 0 aliphatic rings. The summed E-state index contributed by atoms with van der Waals surface area (Å²) in [6.07, 6.45) is 0. The summed E-state index contributed by atoms with van der Waals surface area (Å²) in [6.45, 7) is 0.460. The zero-order valence-electron chi connectivity index (χ0n) is 9.71. The minimum atomic E-state index is -2.13. The zero-order valence-corrected chi connectivity index (χ0v) is 11.2. The van der Waals surface area contributed by atoms with E-state index in [1.165, 1.54) is 0 Å². The molecule has 8 heteroatoms. The number of halogens is 3. The molecule has 0 aromatic heterocycles. The predicted octanol–water partition coefficient (Wildman–Crippen LogP) is 1.70. The number of hydrogen-bond acceptors (Lipinski definition) is 3. The van der Waals surface area contributed by atoms with E-state index in [9.17, 15) is 19.1 Å². The van der Waals surface area contributed by atoms with Gasteiger partial charge in [0.15, 0.2) is 5.60 Å². The van der Waals surface area contributed by atoms with Crippen LogP contribution in [0.15, 0.2) is 12.1 Å². The van der Waals surface area contributed by atoms with Crippen LogP contribution in [0.3, 0.4) is 0 Å². The van der Waals surface area contributed by atoms with Crippen molar-refractivity contribution in [1.29, 1.82) is 0 Å². The predicted molar refractivity (Wildman–Crippen MR) is 67.0 cm³/mol. The Balaban J connectivity index is 2.86. The number of aliphatic hydroxyl groups is 1. The van der Waals surface area contributed by atoms with Gasteiger partial charge in [-0.15, -0.1) is 0 Å². The van der Waals surface area contributed by atoms with Gasteiger partial charge in [-0.05, 0) is 19.1 Å². The van der Waals surface area contributed by atoms with Crippen molar-refractivity contribution in [1.82, 2.24) is 5.32 Å². The van der Waals surface area contributed by atoms with E-state index in [2.05, 4.69) is 5.32 Å². The van der Waals surface area contributed by atoms with Crippen LogP contribution in [0.25, 0.3) is 0 Å². The maximum Gasteiger partial charge on any atom is 0.337 e. The molecular formula is C11H10Cl2FNO4. The maximum atomic E-state index is 13.2. The summed E-state index contributed by atoms with van der Waals surface area (Å²) in [5.41, 5.74) is -2.34. The van der Waals surface area contributed by atoms with Crippen LogP contribution in [0, 0.1) is 5.82 Å². The van der Waals surface area contributed by atoms with Crippen LogP contribution >= 0.6 is 23.2 Å². The third-order valence-corrected chi connectivity index (χ3v) is 2.91. The highest BCUT2D eigenvalue weighted by molar-refractivity contribution is 6.36. The van der Waals surface area contributed by atoms with Crippen molar-refractivity contribution in [2.75, 3.05) is 6.54 Å². The number of amides is 1. The summed E-state index contributed by atoms with van der Waals surface area (Å²) in [7, 11) is 0. The molecule has 1 unspecified atom stereocenters. The molecule has 0 saturated carbocycles. The van der Waals surface area contributed by atoms with E-state index in [1.54, 1.807) is 0 Å². The van der Waals surface area contributed by atoms with Crippen LogP contribution in [-0.4, -0.2) is 34.2 Å². The van der Waals surface area contributed by atoms with E-state index in [-0.39, 0.29) is 15.6 Å². The molecule has 1 rings (SSSR count). The quantitative estimate of drug-likeness (QED) is 0.739. The molecule has 0 heterocycles. The summed E-state index contributed by atoms with van der Waals surface area (Å²) in [5, 5.41) is 19.9. The number of rotatable bonds is 4. The molecule has 1 aromatic carbocycles. The van der Waals surface area contributed by atoms with Crippen LogP contribution < -0.4 is 5.32 Å². The van der Waals surface area contributed by atoms with E-state index in [0.717, 1.165) is 19.1 Å². The van der Waals surface area contributed by atoms with Crippen LogP contribution in [0.2, 0.25) is 10.0 Å². The second-order valence-electron chi connectivity index (χ2n) is 4.01. The van der Waals surface area contributed by atoms with Crippen LogP contribution in [0.1, 0.15) is 17.3 Å². The average Bonchev–Trinajstić information content (AvgIpc) is 2.30. The standard InChI is InChI=1S/C11H10Cl2FNO4/c1-11(19,10(17)18)4-15-9(16)5-2-8(14)7(13)3-6(5)12/h2-3,19H,4H2,1H3,(H,15,16)(H,17,18). The third-order valence-electron chi connectivity index (χ3n) is 2.31. The first-order valence-electron chi connectivity index (χ1n) is 5.03. The van der Waals surface area contributed by atoms with E-state index in [0.29, 0.717) is 0 Å². The highest BCUT2D eigenvalue weighted by Gasteiger charge is 2.30. The summed E-state index contributed by atoms with van der Waals surface area (Å²) in [5.74, 6) is -3.15. The van der Waals surface area contributed by atoms with Crippen molar-refractivity contribution in [3.8, 4) is 0 Å². The lowest BCUT2D eigenvalue weighted by atomic mass is 10.1. The molecule has 1 aromatic rings. The number of aliphatic carboxylic acids is 1. The second-order valence-corrected chi connectivity index (χ2v) is 4.82. The Morgan fingerprint density at radius 2 is 1.95 bits per heavy atom. The lowest BCUT2D eigenvalue weighted by Crippen LogP contribution is -2.46. The molecule has 104 valence electrons. The number of carbonyl (C=O) groups excluding carboxylic acids is 1. The van der Waals surface area contributed by atoms with E-state index in [4.69, 9.17) is 28.3 Å². The van der Waals surface area contributed by atoms with Gasteiger partial charge in [-0.1, -0.05) is 23.2 Å². The Bertz CT molecular complexity index is 534. The van der Waals surface area contributed by atoms with Crippen LogP contribution in [-0.2, 0) is 4.79 Å². The number of carboxylic acids is 1. The molecule has 0 spiro atoms. The van der Waals surface area contributed by atoms with Crippen molar-refractivity contribution in [3.63, 3.8) is 0 Å². The van der Waals surface area contributed by atoms with Crippen molar-refractivity contribution in [2.45, 2.75) is 12.5 Å². The van der Waals surface area contributed by atoms with Gasteiger partial charge in [-0.2, -0.15) is 0 Å². The van der Waals surface area contributed by atoms with E-state index < -0.39 is 29.8 Å². The number of carboxylic acid groups (broad SMARTS) is 1. The number of carbonyl (C=O) groups is 2. The molecule has 0 bridgehead atoms. The van der Waals surface area contributed by atoms with Gasteiger partial charge in [0.2, 0.25) is 0 Å². The molecule has 0 fully saturated rings. The smallest absolute Gasteiger partial charge is 0.337 e. The SMILES string of the molecule is CC(O)(CNC(=O)c1cc(F)c(Cl)cc1Cl)C(=O)O. The normalized spacial score (nSPS) is 13.7. The largest absolute Gasteiger partial charge is 0.479 e. The average molecular weight is 310 g/mol. The highest BCUT2D eigenvalue weighted by Crippen LogP contribution is 2.24. The molecule has 0 aliphatic carbocycles. The molecule has 0 aliphatic heterocycles. The molecule has 1 amide bonds. The van der Waals surface area contributed by atoms with E-state index >= 15 is 0 Å². The Kier molecular flexibility index (Phi) is 4.73. The van der Waals surface area contributed by atoms with Gasteiger partial charge >= 0.3 is 5.97 Å². The van der Waals surface area contributed by atoms with Crippen LogP contribution in [0.4, 0.5) is 4.39 Å². The fraction of sp³-hybridized carbons (Fsp3) is 0.273. The summed E-state index contributed by atoms with van der Waals surface area (Å²) < 4.78 is 13.2. The Morgan fingerprint density at radius 3 is 2.47 bits per heavy atom. The first-order chi connectivity index (χ1) is 8.65. The minimum Gasteiger partial charge on any atom is -0.479 e. The van der Waals surface area contributed by atoms with Crippen LogP contribution in [0.5, 0.6) is 0 Å². The first-order valence-corrected chi connectivity index (χ1v) is 5.79. The minimum absolute atomic E-state index is 0.0844. The van der Waals surface area contributed by atoms with Gasteiger partial charge in [0.1, 0.15) is 5.82 Å². The van der Waals surface area contributed by atoms with Gasteiger partial charge in [0, 0.05) is 0 Å². The molecule has 1 atom stereocenters. The summed E-state index contributed by atoms with van der Waals surface area (Å²) in [6, 6.07) is 1.89. The monoisotopic (exact) mass is 309 g/mol. The Morgan fingerprint density at radius 1 is 1.37 bits per heavy atom. The Hall–Kier alpha value is -1.37. The van der Waals surface area contributed by atoms with Gasteiger partial charge in [-0.25, -0.2) is 9.18 Å². The van der Waals surface area contributed by atoms with Gasteiger partial charge in [-0.3, -0.25) is 4.79 Å². The topological polar surface area (TPSA) is 86.6 Å². The lowest BCUT2D eigenvalue weighted by molar-refractivity contribution is -0.155. The summed E-state index contributed by atoms with van der Waals surface area (Å²) >= 11 is 11.2. The van der Waals surface area contributed by atoms with Gasteiger partial charge in [0.25, 0.3) is 5.91 Å². The fourth-order valence-corrected chi connectivity index (χ4v) is 1.59. The lowest BCUT2D eigenvalue weighted by Gasteiger charge is -2.18.